The molecule has 0 aromatic rings. The maximum absolute atomic E-state index is 4.37. The quantitative estimate of drug-likeness (QED) is 0.471. The Balaban J connectivity index is 2.26. The van der Waals surface area contributed by atoms with Crippen LogP contribution in [0.3, 0.4) is 0 Å². The van der Waals surface area contributed by atoms with Crippen LogP contribution < -0.4 is 4.99 Å². The Morgan fingerprint density at radius 2 is 2.60 bits per heavy atom. The van der Waals surface area contributed by atoms with E-state index in [1.54, 1.807) is 0 Å². The van der Waals surface area contributed by atoms with Gasteiger partial charge in [-0.2, -0.15) is 0 Å². The molecule has 0 saturated heterocycles. The first kappa shape index (κ1) is 5.83. The summed E-state index contributed by atoms with van der Waals surface area (Å²) in [5.74, 6) is 0. The molecule has 0 aliphatic carbocycles. The molecule has 1 unspecified atom stereocenters. The highest BCUT2D eigenvalue weighted by Crippen LogP contribution is 2.19. The van der Waals surface area contributed by atoms with Gasteiger partial charge in [0.15, 0.2) is 0 Å². The standard InChI is InChI=1S/C8H10N2/c1-2-7-6-9-5-3-8(7)10-4-1/h4-6,8H,1-3H2/q+1. The van der Waals surface area contributed by atoms with E-state index < -0.39 is 0 Å². The maximum Gasteiger partial charge on any atom is 0.243 e. The maximum atomic E-state index is 4.37. The molecule has 0 amide bonds. The van der Waals surface area contributed by atoms with Gasteiger partial charge in [0.25, 0.3) is 0 Å². The summed E-state index contributed by atoms with van der Waals surface area (Å²) in [6, 6.07) is 0.436. The molecule has 2 nitrogen and oxygen atoms in total. The lowest BCUT2D eigenvalue weighted by Crippen LogP contribution is -2.18. The van der Waals surface area contributed by atoms with E-state index in [1.807, 2.05) is 18.6 Å². The molecule has 0 bridgehead atoms. The molecular weight excluding hydrogens is 124 g/mol. The molecule has 1 atom stereocenters. The molecule has 0 aromatic carbocycles. The largest absolute Gasteiger partial charge is 0.289 e. The van der Waals surface area contributed by atoms with Gasteiger partial charge in [-0.25, -0.2) is 0 Å². The highest BCUT2D eigenvalue weighted by molar-refractivity contribution is 5.65. The second-order valence-electron chi connectivity index (χ2n) is 2.66. The van der Waals surface area contributed by atoms with E-state index in [4.69, 9.17) is 0 Å². The molecule has 0 N–H and O–H groups in total. The van der Waals surface area contributed by atoms with Crippen molar-refractivity contribution >= 4 is 12.4 Å². The lowest BCUT2D eigenvalue weighted by atomic mass is 9.97. The van der Waals surface area contributed by atoms with Gasteiger partial charge in [-0.3, -0.25) is 4.99 Å². The number of hydrogen-bond donors (Lipinski definition) is 0. The summed E-state index contributed by atoms with van der Waals surface area (Å²) in [7, 11) is 0. The highest BCUT2D eigenvalue weighted by atomic mass is 14.8. The molecule has 0 fully saturated rings. The summed E-state index contributed by atoms with van der Waals surface area (Å²) in [6.45, 7) is 0. The fourth-order valence-corrected chi connectivity index (χ4v) is 1.37. The molecule has 1 radical (unpaired) electrons. The SMILES string of the molecule is C1=NC2CC=[N+]C=C2CC1. The number of nitrogens with zero attached hydrogens (tertiary/aromatic N) is 2. The summed E-state index contributed by atoms with van der Waals surface area (Å²) in [6.07, 6.45) is 9.19. The second-order valence-corrected chi connectivity index (χ2v) is 2.66. The zero-order valence-electron chi connectivity index (χ0n) is 5.83. The van der Waals surface area contributed by atoms with Gasteiger partial charge in [0.05, 0.1) is 12.5 Å². The summed E-state index contributed by atoms with van der Waals surface area (Å²) in [5.41, 5.74) is 1.41. The third-order valence-corrected chi connectivity index (χ3v) is 1.95. The molecule has 10 heavy (non-hydrogen) atoms. The van der Waals surface area contributed by atoms with Crippen LogP contribution in [0.2, 0.25) is 0 Å². The minimum absolute atomic E-state index is 0.436. The lowest BCUT2D eigenvalue weighted by molar-refractivity contribution is 0.721. The molecule has 0 saturated carbocycles. The van der Waals surface area contributed by atoms with E-state index in [0.29, 0.717) is 6.04 Å². The molecule has 0 aromatic heterocycles. The van der Waals surface area contributed by atoms with Crippen molar-refractivity contribution in [2.24, 2.45) is 4.99 Å². The lowest BCUT2D eigenvalue weighted by Gasteiger charge is -2.15. The average Bonchev–Trinajstić information content (AvgIpc) is 2.05. The van der Waals surface area contributed by atoms with Gasteiger partial charge in [-0.15, -0.1) is 0 Å². The fraction of sp³-hybridized carbons (Fsp3) is 0.500. The first-order chi connectivity index (χ1) is 4.97. The van der Waals surface area contributed by atoms with Gasteiger partial charge >= 0.3 is 0 Å². The Morgan fingerprint density at radius 3 is 3.50 bits per heavy atom. The molecule has 0 spiro atoms. The molecule has 2 aliphatic rings. The van der Waals surface area contributed by atoms with Gasteiger partial charge in [0.1, 0.15) is 0 Å². The Labute approximate surface area is 60.4 Å². The highest BCUT2D eigenvalue weighted by Gasteiger charge is 2.21. The van der Waals surface area contributed by atoms with E-state index in [0.717, 1.165) is 19.3 Å². The van der Waals surface area contributed by atoms with Gasteiger partial charge in [0, 0.05) is 10.6 Å². The monoisotopic (exact) mass is 134 g/mol. The third kappa shape index (κ3) is 0.897. The van der Waals surface area contributed by atoms with Crippen molar-refractivity contribution in [2.45, 2.75) is 25.3 Å². The van der Waals surface area contributed by atoms with Crippen LogP contribution in [0.4, 0.5) is 0 Å². The van der Waals surface area contributed by atoms with Crippen molar-refractivity contribution in [2.75, 3.05) is 0 Å². The van der Waals surface area contributed by atoms with Crippen LogP contribution in [0.25, 0.3) is 0 Å². The average molecular weight is 134 g/mol. The van der Waals surface area contributed by atoms with E-state index in [1.165, 1.54) is 5.57 Å². The molecule has 2 rings (SSSR count). The minimum Gasteiger partial charge on any atom is -0.289 e. The normalized spacial score (nSPS) is 29.6. The topological polar surface area (TPSA) is 26.5 Å². The van der Waals surface area contributed by atoms with Crippen LogP contribution in [0, 0.1) is 0 Å². The second kappa shape index (κ2) is 2.37. The third-order valence-electron chi connectivity index (χ3n) is 1.95. The Kier molecular flexibility index (Phi) is 1.38. The molecule has 2 heterocycles. The summed E-state index contributed by atoms with van der Waals surface area (Å²) in [4.78, 5) is 8.47. The Morgan fingerprint density at radius 1 is 1.60 bits per heavy atom. The van der Waals surface area contributed by atoms with Crippen LogP contribution >= 0.6 is 0 Å². The number of rotatable bonds is 0. The minimum atomic E-state index is 0.436. The van der Waals surface area contributed by atoms with Crippen LogP contribution in [0.15, 0.2) is 16.8 Å². The van der Waals surface area contributed by atoms with E-state index in [-0.39, 0.29) is 0 Å². The van der Waals surface area contributed by atoms with Crippen LogP contribution in [-0.4, -0.2) is 18.5 Å². The predicted molar refractivity (Wildman–Crippen MR) is 42.4 cm³/mol. The van der Waals surface area contributed by atoms with Gasteiger partial charge < -0.3 is 0 Å². The Bertz CT molecular complexity index is 213. The predicted octanol–water partition coefficient (Wildman–Crippen LogP) is 0.914. The van der Waals surface area contributed by atoms with Crippen LogP contribution in [-0.2, 0) is 0 Å². The van der Waals surface area contributed by atoms with E-state index in [9.17, 15) is 0 Å². The van der Waals surface area contributed by atoms with Crippen molar-refractivity contribution < 1.29 is 0 Å². The first-order valence-electron chi connectivity index (χ1n) is 3.69. The van der Waals surface area contributed by atoms with E-state index >= 15 is 0 Å². The van der Waals surface area contributed by atoms with Gasteiger partial charge in [0.2, 0.25) is 12.4 Å². The van der Waals surface area contributed by atoms with Gasteiger partial charge in [-0.1, -0.05) is 0 Å². The van der Waals surface area contributed by atoms with Crippen LogP contribution in [0.1, 0.15) is 19.3 Å². The van der Waals surface area contributed by atoms with Crippen molar-refractivity contribution in [3.8, 4) is 0 Å². The Hall–Kier alpha value is -0.920. The number of aliphatic imine (C=N–C) groups is 2. The zero-order valence-corrected chi connectivity index (χ0v) is 5.83. The molecular formula is C8H10N2+. The van der Waals surface area contributed by atoms with Crippen molar-refractivity contribution in [1.82, 2.24) is 4.99 Å². The fourth-order valence-electron chi connectivity index (χ4n) is 1.37. The van der Waals surface area contributed by atoms with E-state index in [2.05, 4.69) is 9.98 Å². The van der Waals surface area contributed by atoms with Gasteiger partial charge in [-0.05, 0) is 19.1 Å². The molecule has 2 aliphatic heterocycles. The number of hydrogen-bond acceptors (Lipinski definition) is 2. The molecule has 51 valence electrons. The van der Waals surface area contributed by atoms with Crippen molar-refractivity contribution in [3.05, 3.63) is 11.8 Å². The summed E-state index contributed by atoms with van der Waals surface area (Å²) < 4.78 is 0. The summed E-state index contributed by atoms with van der Waals surface area (Å²) in [5, 5.41) is 0. The van der Waals surface area contributed by atoms with Crippen LogP contribution in [0.5, 0.6) is 0 Å². The summed E-state index contributed by atoms with van der Waals surface area (Å²) >= 11 is 0. The number of fused-ring (bicyclic) bond motifs is 1. The zero-order chi connectivity index (χ0) is 6.81. The molecule has 2 heteroatoms. The first-order valence-corrected chi connectivity index (χ1v) is 3.69. The van der Waals surface area contributed by atoms with Crippen molar-refractivity contribution in [3.63, 3.8) is 0 Å². The smallest absolute Gasteiger partial charge is 0.243 e. The van der Waals surface area contributed by atoms with Crippen molar-refractivity contribution in [1.29, 1.82) is 0 Å².